The second-order valence-electron chi connectivity index (χ2n) is 2.42. The Morgan fingerprint density at radius 2 is 2.36 bits per heavy atom. The van der Waals surface area contributed by atoms with E-state index >= 15 is 0 Å². The molecule has 1 rings (SSSR count). The second-order valence-corrected chi connectivity index (χ2v) is 2.42. The molecular weight excluding hydrogens is 188 g/mol. The molecule has 0 aromatic carbocycles. The van der Waals surface area contributed by atoms with Crippen LogP contribution in [0.4, 0.5) is 5.95 Å². The summed E-state index contributed by atoms with van der Waals surface area (Å²) in [6.45, 7) is 1.99. The van der Waals surface area contributed by atoms with Crippen molar-refractivity contribution >= 4 is 11.9 Å². The van der Waals surface area contributed by atoms with Crippen molar-refractivity contribution < 1.29 is 14.3 Å². The van der Waals surface area contributed by atoms with Crippen molar-refractivity contribution in [3.05, 3.63) is 0 Å². The summed E-state index contributed by atoms with van der Waals surface area (Å²) in [4.78, 5) is 14.8. The number of ether oxygens (including phenoxy) is 2. The monoisotopic (exact) mass is 200 g/mol. The van der Waals surface area contributed by atoms with Crippen molar-refractivity contribution in [2.75, 3.05) is 19.5 Å². The van der Waals surface area contributed by atoms with Crippen LogP contribution in [0.3, 0.4) is 0 Å². The Balaban J connectivity index is 2.66. The van der Waals surface area contributed by atoms with Gasteiger partial charge in [0.2, 0.25) is 5.95 Å². The van der Waals surface area contributed by atoms with Crippen LogP contribution in [-0.4, -0.2) is 34.5 Å². The van der Waals surface area contributed by atoms with Crippen LogP contribution >= 0.6 is 0 Å². The van der Waals surface area contributed by atoms with Crippen LogP contribution in [0.15, 0.2) is 0 Å². The number of hydrogen-bond acceptors (Lipinski definition) is 6. The van der Waals surface area contributed by atoms with Crippen molar-refractivity contribution in [1.82, 2.24) is 14.8 Å². The topological polar surface area (TPSA) is 92.3 Å². The zero-order valence-electron chi connectivity index (χ0n) is 8.06. The number of nitrogens with two attached hydrogens (primary N) is 1. The molecular formula is C7H12N4O3. The Hall–Kier alpha value is -1.79. The molecule has 7 nitrogen and oxygen atoms in total. The van der Waals surface area contributed by atoms with E-state index in [1.807, 2.05) is 0 Å². The van der Waals surface area contributed by atoms with Gasteiger partial charge in [-0.05, 0) is 6.92 Å². The third kappa shape index (κ3) is 2.35. The van der Waals surface area contributed by atoms with Gasteiger partial charge in [0.1, 0.15) is 6.54 Å². The lowest BCUT2D eigenvalue weighted by atomic mass is 10.6. The van der Waals surface area contributed by atoms with E-state index in [1.165, 1.54) is 11.8 Å². The molecule has 0 unspecified atom stereocenters. The second kappa shape index (κ2) is 4.45. The van der Waals surface area contributed by atoms with E-state index in [9.17, 15) is 4.79 Å². The molecule has 0 fully saturated rings. The lowest BCUT2D eigenvalue weighted by Gasteiger charge is -2.01. The van der Waals surface area contributed by atoms with Crippen molar-refractivity contribution in [2.45, 2.75) is 13.5 Å². The maximum atomic E-state index is 11.1. The molecule has 0 aliphatic heterocycles. The summed E-state index contributed by atoms with van der Waals surface area (Å²) in [6, 6.07) is 0.131. The van der Waals surface area contributed by atoms with E-state index in [0.29, 0.717) is 6.61 Å². The van der Waals surface area contributed by atoms with E-state index in [-0.39, 0.29) is 18.5 Å². The molecule has 0 radical (unpaired) electrons. The summed E-state index contributed by atoms with van der Waals surface area (Å²) in [7, 11) is 1.42. The van der Waals surface area contributed by atoms with Crippen LogP contribution in [0.5, 0.6) is 6.01 Å². The molecule has 78 valence electrons. The fourth-order valence-corrected chi connectivity index (χ4v) is 0.864. The van der Waals surface area contributed by atoms with Crippen LogP contribution in [0.1, 0.15) is 6.92 Å². The number of anilines is 1. The predicted octanol–water partition coefficient (Wildman–Crippen LogP) is -0.568. The number of nitrogens with zero attached hydrogens (tertiary/aromatic N) is 3. The molecule has 2 N–H and O–H groups in total. The first kappa shape index (κ1) is 10.3. The number of rotatable bonds is 4. The number of esters is 1. The molecule has 0 saturated heterocycles. The summed E-state index contributed by atoms with van der Waals surface area (Å²) in [5.74, 6) is -0.290. The number of carbonyl (C=O) groups excluding carboxylic acids is 1. The van der Waals surface area contributed by atoms with E-state index in [4.69, 9.17) is 15.2 Å². The highest BCUT2D eigenvalue weighted by Gasteiger charge is 2.10. The summed E-state index contributed by atoms with van der Waals surface area (Å²) in [5, 5.41) is 3.81. The van der Waals surface area contributed by atoms with Crippen molar-refractivity contribution in [2.24, 2.45) is 0 Å². The first-order chi connectivity index (χ1) is 6.67. The van der Waals surface area contributed by atoms with Gasteiger partial charge in [-0.2, -0.15) is 4.98 Å². The first-order valence-corrected chi connectivity index (χ1v) is 4.07. The Labute approximate surface area is 80.8 Å². The molecule has 0 aliphatic rings. The van der Waals surface area contributed by atoms with E-state index in [2.05, 4.69) is 10.1 Å². The Morgan fingerprint density at radius 1 is 1.64 bits per heavy atom. The average molecular weight is 200 g/mol. The zero-order chi connectivity index (χ0) is 10.6. The maximum absolute atomic E-state index is 11.1. The molecule has 1 aromatic heterocycles. The third-order valence-electron chi connectivity index (χ3n) is 1.45. The minimum Gasteiger partial charge on any atom is -0.466 e. The smallest absolute Gasteiger partial charge is 0.337 e. The van der Waals surface area contributed by atoms with Gasteiger partial charge in [0, 0.05) is 0 Å². The van der Waals surface area contributed by atoms with Gasteiger partial charge in [-0.3, -0.25) is 4.79 Å². The molecule has 0 atom stereocenters. The predicted molar refractivity (Wildman–Crippen MR) is 47.6 cm³/mol. The van der Waals surface area contributed by atoms with Crippen LogP contribution < -0.4 is 10.5 Å². The van der Waals surface area contributed by atoms with Crippen molar-refractivity contribution in [3.8, 4) is 6.01 Å². The van der Waals surface area contributed by atoms with Crippen LogP contribution in [0, 0.1) is 0 Å². The minimum absolute atomic E-state index is 0.0595. The average Bonchev–Trinajstić information content (AvgIpc) is 2.48. The van der Waals surface area contributed by atoms with E-state index in [0.717, 1.165) is 0 Å². The number of hydrogen-bond donors (Lipinski definition) is 1. The van der Waals surface area contributed by atoms with Gasteiger partial charge in [-0.1, -0.05) is 0 Å². The summed E-state index contributed by atoms with van der Waals surface area (Å²) in [5.41, 5.74) is 5.46. The Kier molecular flexibility index (Phi) is 3.27. The van der Waals surface area contributed by atoms with Gasteiger partial charge in [0.15, 0.2) is 0 Å². The molecule has 0 amide bonds. The normalized spacial score (nSPS) is 9.86. The quantitative estimate of drug-likeness (QED) is 0.654. The highest BCUT2D eigenvalue weighted by Crippen LogP contribution is 2.06. The minimum atomic E-state index is -0.410. The highest BCUT2D eigenvalue weighted by atomic mass is 16.5. The molecule has 0 saturated carbocycles. The van der Waals surface area contributed by atoms with E-state index in [1.54, 1.807) is 6.92 Å². The number of methoxy groups -OCH3 is 1. The fraction of sp³-hybridized carbons (Fsp3) is 0.571. The van der Waals surface area contributed by atoms with Crippen LogP contribution in [0.25, 0.3) is 0 Å². The molecule has 1 heterocycles. The Bertz CT molecular complexity index is 323. The van der Waals surface area contributed by atoms with Gasteiger partial charge in [0.25, 0.3) is 0 Å². The van der Waals surface area contributed by atoms with Gasteiger partial charge in [-0.15, -0.1) is 5.10 Å². The SMILES string of the molecule is CCOC(=O)Cn1nc(OC)nc1N. The molecule has 14 heavy (non-hydrogen) atoms. The maximum Gasteiger partial charge on any atom is 0.337 e. The lowest BCUT2D eigenvalue weighted by Crippen LogP contribution is -2.16. The summed E-state index contributed by atoms with van der Waals surface area (Å²) < 4.78 is 10.7. The first-order valence-electron chi connectivity index (χ1n) is 4.07. The highest BCUT2D eigenvalue weighted by molar-refractivity contribution is 5.69. The third-order valence-corrected chi connectivity index (χ3v) is 1.45. The molecule has 1 aromatic rings. The van der Waals surface area contributed by atoms with Crippen LogP contribution in [0.2, 0.25) is 0 Å². The summed E-state index contributed by atoms with van der Waals surface area (Å²) in [6.07, 6.45) is 0. The largest absolute Gasteiger partial charge is 0.466 e. The fourth-order valence-electron chi connectivity index (χ4n) is 0.864. The van der Waals surface area contributed by atoms with E-state index < -0.39 is 5.97 Å². The Morgan fingerprint density at radius 3 is 2.86 bits per heavy atom. The van der Waals surface area contributed by atoms with Gasteiger partial charge in [0.05, 0.1) is 13.7 Å². The molecule has 0 bridgehead atoms. The number of carbonyl (C=O) groups is 1. The van der Waals surface area contributed by atoms with Crippen molar-refractivity contribution in [1.29, 1.82) is 0 Å². The number of aromatic nitrogens is 3. The van der Waals surface area contributed by atoms with Gasteiger partial charge in [-0.25, -0.2) is 4.68 Å². The van der Waals surface area contributed by atoms with Crippen LogP contribution in [-0.2, 0) is 16.1 Å². The summed E-state index contributed by atoms with van der Waals surface area (Å²) >= 11 is 0. The number of nitrogen functional groups attached to an aromatic ring is 1. The zero-order valence-corrected chi connectivity index (χ0v) is 8.06. The molecule has 0 spiro atoms. The standard InChI is InChI=1S/C7H12N4O3/c1-3-14-5(12)4-11-6(8)9-7(10-11)13-2/h3-4H2,1-2H3,(H2,8,9,10). The lowest BCUT2D eigenvalue weighted by molar-refractivity contribution is -0.144. The van der Waals surface area contributed by atoms with Gasteiger partial charge < -0.3 is 15.2 Å². The molecule has 7 heteroatoms. The van der Waals surface area contributed by atoms with Crippen molar-refractivity contribution in [3.63, 3.8) is 0 Å². The molecule has 0 aliphatic carbocycles. The van der Waals surface area contributed by atoms with Gasteiger partial charge >= 0.3 is 12.0 Å².